The van der Waals surface area contributed by atoms with Gasteiger partial charge in [0.25, 0.3) is 0 Å². The van der Waals surface area contributed by atoms with E-state index in [0.717, 1.165) is 30.0 Å². The zero-order valence-corrected chi connectivity index (χ0v) is 11.3. The van der Waals surface area contributed by atoms with Crippen LogP contribution in [0.25, 0.3) is 0 Å². The van der Waals surface area contributed by atoms with Crippen molar-refractivity contribution in [2.75, 3.05) is 5.32 Å². The van der Waals surface area contributed by atoms with E-state index in [4.69, 9.17) is 5.26 Å². The van der Waals surface area contributed by atoms with E-state index >= 15 is 0 Å². The number of aromatic nitrogens is 2. The van der Waals surface area contributed by atoms with Gasteiger partial charge < -0.3 is 9.88 Å². The number of nitriles is 1. The van der Waals surface area contributed by atoms with Gasteiger partial charge in [-0.3, -0.25) is 0 Å². The molecule has 0 aliphatic heterocycles. The van der Waals surface area contributed by atoms with Gasteiger partial charge in [-0.1, -0.05) is 13.0 Å². The van der Waals surface area contributed by atoms with Crippen LogP contribution in [0, 0.1) is 18.3 Å². The lowest BCUT2D eigenvalue weighted by atomic mass is 10.1. The molecule has 1 heterocycles. The Hall–Kier alpha value is -2.28. The highest BCUT2D eigenvalue weighted by Crippen LogP contribution is 2.17. The number of benzene rings is 1. The van der Waals surface area contributed by atoms with E-state index in [0.29, 0.717) is 12.1 Å². The Morgan fingerprint density at radius 1 is 1.42 bits per heavy atom. The summed E-state index contributed by atoms with van der Waals surface area (Å²) in [5, 5.41) is 12.3. The summed E-state index contributed by atoms with van der Waals surface area (Å²) in [6.45, 7) is 5.83. The maximum Gasteiger partial charge on any atom is 0.128 e. The molecule has 0 bridgehead atoms. The fourth-order valence-corrected chi connectivity index (χ4v) is 2.01. The number of hydrogen-bond donors (Lipinski definition) is 1. The molecule has 0 aliphatic rings. The van der Waals surface area contributed by atoms with Crippen LogP contribution < -0.4 is 5.32 Å². The van der Waals surface area contributed by atoms with Crippen molar-refractivity contribution in [1.82, 2.24) is 9.55 Å². The number of anilines is 1. The molecule has 1 aromatic carbocycles. The number of rotatable bonds is 5. The third-order valence-corrected chi connectivity index (χ3v) is 3.07. The molecule has 4 nitrogen and oxygen atoms in total. The molecule has 0 spiro atoms. The molecule has 1 N–H and O–H groups in total. The number of hydrogen-bond acceptors (Lipinski definition) is 3. The van der Waals surface area contributed by atoms with Gasteiger partial charge in [0.15, 0.2) is 0 Å². The molecule has 0 unspecified atom stereocenters. The number of nitrogens with zero attached hydrogens (tertiary/aromatic N) is 3. The Kier molecular flexibility index (Phi) is 4.19. The monoisotopic (exact) mass is 254 g/mol. The molecule has 2 aromatic rings. The van der Waals surface area contributed by atoms with Gasteiger partial charge >= 0.3 is 0 Å². The van der Waals surface area contributed by atoms with Crippen LogP contribution in [0.2, 0.25) is 0 Å². The van der Waals surface area contributed by atoms with Gasteiger partial charge in [0, 0.05) is 24.6 Å². The first-order chi connectivity index (χ1) is 9.24. The first-order valence-corrected chi connectivity index (χ1v) is 6.49. The Morgan fingerprint density at radius 2 is 2.26 bits per heavy atom. The maximum atomic E-state index is 8.92. The molecule has 1 aromatic heterocycles. The van der Waals surface area contributed by atoms with Crippen molar-refractivity contribution < 1.29 is 0 Å². The van der Waals surface area contributed by atoms with Crippen molar-refractivity contribution in [2.24, 2.45) is 0 Å². The summed E-state index contributed by atoms with van der Waals surface area (Å²) < 4.78 is 2.15. The molecule has 2 rings (SSSR count). The Labute approximate surface area is 113 Å². The van der Waals surface area contributed by atoms with E-state index < -0.39 is 0 Å². The number of nitrogens with one attached hydrogen (secondary N) is 1. The Balaban J connectivity index is 2.10. The van der Waals surface area contributed by atoms with Crippen molar-refractivity contribution in [2.45, 2.75) is 33.4 Å². The summed E-state index contributed by atoms with van der Waals surface area (Å²) in [6.07, 6.45) is 4.91. The highest BCUT2D eigenvalue weighted by atomic mass is 15.1. The zero-order chi connectivity index (χ0) is 13.7. The summed E-state index contributed by atoms with van der Waals surface area (Å²) in [4.78, 5) is 4.36. The summed E-state index contributed by atoms with van der Waals surface area (Å²) in [5.41, 5.74) is 2.79. The molecule has 0 saturated heterocycles. The minimum absolute atomic E-state index is 0.669. The molecular formula is C15H18N4. The first kappa shape index (κ1) is 13.2. The van der Waals surface area contributed by atoms with E-state index in [1.165, 1.54) is 0 Å². The molecular weight excluding hydrogens is 236 g/mol. The van der Waals surface area contributed by atoms with E-state index in [1.54, 1.807) is 0 Å². The minimum Gasteiger partial charge on any atom is -0.378 e. The van der Waals surface area contributed by atoms with Crippen molar-refractivity contribution in [1.29, 1.82) is 5.26 Å². The molecule has 98 valence electrons. The van der Waals surface area contributed by atoms with Crippen LogP contribution in [0.15, 0.2) is 30.6 Å². The summed E-state index contributed by atoms with van der Waals surface area (Å²) in [6, 6.07) is 7.83. The molecule has 0 atom stereocenters. The van der Waals surface area contributed by atoms with Gasteiger partial charge in [0.05, 0.1) is 18.2 Å². The van der Waals surface area contributed by atoms with Crippen LogP contribution in [-0.2, 0) is 13.1 Å². The summed E-state index contributed by atoms with van der Waals surface area (Å²) in [5.74, 6) is 1.02. The SMILES string of the molecule is CCCn1ccnc1CNc1cc(C#N)ccc1C. The van der Waals surface area contributed by atoms with Crippen molar-refractivity contribution in [3.05, 3.63) is 47.5 Å². The predicted molar refractivity (Wildman–Crippen MR) is 75.7 cm³/mol. The summed E-state index contributed by atoms with van der Waals surface area (Å²) >= 11 is 0. The Bertz CT molecular complexity index is 592. The minimum atomic E-state index is 0.669. The second kappa shape index (κ2) is 6.05. The van der Waals surface area contributed by atoms with Gasteiger partial charge in [-0.2, -0.15) is 5.26 Å². The highest BCUT2D eigenvalue weighted by Gasteiger charge is 2.04. The third-order valence-electron chi connectivity index (χ3n) is 3.07. The third kappa shape index (κ3) is 3.14. The molecule has 0 aliphatic carbocycles. The van der Waals surface area contributed by atoms with Crippen LogP contribution in [0.4, 0.5) is 5.69 Å². The number of aryl methyl sites for hydroxylation is 2. The van der Waals surface area contributed by atoms with Gasteiger partial charge in [-0.15, -0.1) is 0 Å². The molecule has 0 amide bonds. The van der Waals surface area contributed by atoms with Crippen LogP contribution in [0.5, 0.6) is 0 Å². The van der Waals surface area contributed by atoms with Crippen LogP contribution in [-0.4, -0.2) is 9.55 Å². The molecule has 0 fully saturated rings. The predicted octanol–water partition coefficient (Wildman–Crippen LogP) is 3.09. The van der Waals surface area contributed by atoms with Crippen molar-refractivity contribution in [3.63, 3.8) is 0 Å². The topological polar surface area (TPSA) is 53.6 Å². The van der Waals surface area contributed by atoms with Crippen LogP contribution >= 0.6 is 0 Å². The van der Waals surface area contributed by atoms with E-state index in [1.807, 2.05) is 37.5 Å². The molecule has 4 heteroatoms. The van der Waals surface area contributed by atoms with Gasteiger partial charge in [-0.25, -0.2) is 4.98 Å². The fraction of sp³-hybridized carbons (Fsp3) is 0.333. The second-order valence-corrected chi connectivity index (χ2v) is 4.53. The smallest absolute Gasteiger partial charge is 0.128 e. The normalized spacial score (nSPS) is 10.2. The average molecular weight is 254 g/mol. The lowest BCUT2D eigenvalue weighted by Crippen LogP contribution is -2.09. The molecule has 0 radical (unpaired) electrons. The van der Waals surface area contributed by atoms with Crippen LogP contribution in [0.1, 0.15) is 30.3 Å². The lowest BCUT2D eigenvalue weighted by molar-refractivity contribution is 0.644. The largest absolute Gasteiger partial charge is 0.378 e. The van der Waals surface area contributed by atoms with Gasteiger partial charge in [-0.05, 0) is 31.0 Å². The first-order valence-electron chi connectivity index (χ1n) is 6.49. The van der Waals surface area contributed by atoms with Gasteiger partial charge in [0.1, 0.15) is 5.82 Å². The highest BCUT2D eigenvalue weighted by molar-refractivity contribution is 5.55. The zero-order valence-electron chi connectivity index (χ0n) is 11.3. The standard InChI is InChI=1S/C15H18N4/c1-3-7-19-8-6-17-15(19)11-18-14-9-13(10-16)5-4-12(14)2/h4-6,8-9,18H,3,7,11H2,1-2H3. The Morgan fingerprint density at radius 3 is 3.00 bits per heavy atom. The van der Waals surface area contributed by atoms with Crippen molar-refractivity contribution >= 4 is 5.69 Å². The number of imidazole rings is 1. The summed E-state index contributed by atoms with van der Waals surface area (Å²) in [7, 11) is 0. The maximum absolute atomic E-state index is 8.92. The van der Waals surface area contributed by atoms with E-state index in [2.05, 4.69) is 27.9 Å². The lowest BCUT2D eigenvalue weighted by Gasteiger charge is -2.11. The second-order valence-electron chi connectivity index (χ2n) is 4.53. The quantitative estimate of drug-likeness (QED) is 0.892. The fourth-order valence-electron chi connectivity index (χ4n) is 2.01. The van der Waals surface area contributed by atoms with Gasteiger partial charge in [0.2, 0.25) is 0 Å². The average Bonchev–Trinajstić information content (AvgIpc) is 2.86. The van der Waals surface area contributed by atoms with E-state index in [9.17, 15) is 0 Å². The molecule has 0 saturated carbocycles. The van der Waals surface area contributed by atoms with E-state index in [-0.39, 0.29) is 0 Å². The van der Waals surface area contributed by atoms with Crippen molar-refractivity contribution in [3.8, 4) is 6.07 Å². The molecule has 19 heavy (non-hydrogen) atoms. The van der Waals surface area contributed by atoms with Crippen LogP contribution in [0.3, 0.4) is 0 Å².